The van der Waals surface area contributed by atoms with Gasteiger partial charge in [-0.25, -0.2) is 0 Å². The van der Waals surface area contributed by atoms with Crippen molar-refractivity contribution < 1.29 is 14.3 Å². The Morgan fingerprint density at radius 1 is 1.30 bits per heavy atom. The zero-order chi connectivity index (χ0) is 19.6. The highest BCUT2D eigenvalue weighted by Gasteiger charge is 2.34. The predicted octanol–water partition coefficient (Wildman–Crippen LogP) is 3.44. The van der Waals surface area contributed by atoms with Crippen molar-refractivity contribution >= 4 is 34.0 Å². The Kier molecular flexibility index (Phi) is 5.46. The first-order chi connectivity index (χ1) is 12.7. The minimum absolute atomic E-state index is 0.0228. The number of rotatable bonds is 5. The summed E-state index contributed by atoms with van der Waals surface area (Å²) in [6.07, 6.45) is 0.797. The molecule has 1 N–H and O–H groups in total. The molecule has 0 saturated carbocycles. The van der Waals surface area contributed by atoms with Crippen LogP contribution in [0.3, 0.4) is 0 Å². The van der Waals surface area contributed by atoms with Crippen LogP contribution in [0.4, 0.5) is 10.8 Å². The summed E-state index contributed by atoms with van der Waals surface area (Å²) in [5.41, 5.74) is 0.750. The summed E-state index contributed by atoms with van der Waals surface area (Å²) in [5.74, 6) is 0.707. The van der Waals surface area contributed by atoms with E-state index in [0.29, 0.717) is 24.5 Å². The van der Waals surface area contributed by atoms with E-state index in [2.05, 4.69) is 15.5 Å². The fraction of sp³-hybridized carbons (Fsp3) is 0.474. The van der Waals surface area contributed by atoms with Crippen LogP contribution in [0.15, 0.2) is 24.3 Å². The summed E-state index contributed by atoms with van der Waals surface area (Å²) in [5, 5.41) is 12.3. The summed E-state index contributed by atoms with van der Waals surface area (Å²) in [6.45, 7) is 6.58. The van der Waals surface area contributed by atoms with Gasteiger partial charge in [0.1, 0.15) is 10.8 Å². The molecule has 8 heteroatoms. The smallest absolute Gasteiger partial charge is 0.227 e. The van der Waals surface area contributed by atoms with Gasteiger partial charge >= 0.3 is 0 Å². The summed E-state index contributed by atoms with van der Waals surface area (Å²) in [4.78, 5) is 26.2. The third-order valence-corrected chi connectivity index (χ3v) is 5.24. The molecular weight excluding hydrogens is 364 g/mol. The number of benzene rings is 1. The summed E-state index contributed by atoms with van der Waals surface area (Å²) in [7, 11) is 1.61. The SMILES string of the molecule is COc1ccc(N2C[C@H](c3nnc(NC(=O)CC(C)(C)C)s3)CC2=O)cc1. The lowest BCUT2D eigenvalue weighted by molar-refractivity contribution is -0.118. The van der Waals surface area contributed by atoms with Crippen LogP contribution in [0, 0.1) is 5.41 Å². The normalized spacial score (nSPS) is 17.3. The van der Waals surface area contributed by atoms with E-state index in [1.54, 1.807) is 12.0 Å². The van der Waals surface area contributed by atoms with Gasteiger partial charge in [0.2, 0.25) is 16.9 Å². The fourth-order valence-corrected chi connectivity index (χ4v) is 3.83. The largest absolute Gasteiger partial charge is 0.497 e. The molecule has 0 aliphatic carbocycles. The van der Waals surface area contributed by atoms with E-state index < -0.39 is 0 Å². The molecule has 0 radical (unpaired) electrons. The molecule has 2 amide bonds. The van der Waals surface area contributed by atoms with Crippen molar-refractivity contribution in [2.45, 2.75) is 39.5 Å². The minimum atomic E-state index is -0.0889. The average Bonchev–Trinajstić information content (AvgIpc) is 3.20. The van der Waals surface area contributed by atoms with Gasteiger partial charge in [0.25, 0.3) is 0 Å². The number of anilines is 2. The predicted molar refractivity (Wildman–Crippen MR) is 105 cm³/mol. The number of carbonyl (C=O) groups excluding carboxylic acids is 2. The summed E-state index contributed by atoms with van der Waals surface area (Å²) < 4.78 is 5.16. The molecule has 1 aromatic carbocycles. The maximum atomic E-state index is 12.4. The lowest BCUT2D eigenvalue weighted by Gasteiger charge is -2.16. The minimum Gasteiger partial charge on any atom is -0.497 e. The first kappa shape index (κ1) is 19.3. The zero-order valence-corrected chi connectivity index (χ0v) is 16.8. The average molecular weight is 388 g/mol. The van der Waals surface area contributed by atoms with Crippen LogP contribution in [-0.4, -0.2) is 35.7 Å². The van der Waals surface area contributed by atoms with Crippen LogP contribution in [0.25, 0.3) is 0 Å². The van der Waals surface area contributed by atoms with Gasteiger partial charge < -0.3 is 15.0 Å². The molecule has 1 aromatic heterocycles. The number of nitrogens with zero attached hydrogens (tertiary/aromatic N) is 3. The van der Waals surface area contributed by atoms with Crippen LogP contribution < -0.4 is 15.0 Å². The van der Waals surface area contributed by atoms with Gasteiger partial charge in [0.15, 0.2) is 0 Å². The van der Waals surface area contributed by atoms with Gasteiger partial charge in [0, 0.05) is 31.0 Å². The first-order valence-electron chi connectivity index (χ1n) is 8.83. The summed E-state index contributed by atoms with van der Waals surface area (Å²) >= 11 is 1.34. The third-order valence-electron chi connectivity index (χ3n) is 4.24. The van der Waals surface area contributed by atoms with Crippen molar-refractivity contribution in [2.24, 2.45) is 5.41 Å². The molecule has 2 heterocycles. The summed E-state index contributed by atoms with van der Waals surface area (Å²) in [6, 6.07) is 7.42. The van der Waals surface area contributed by atoms with E-state index in [-0.39, 0.29) is 23.1 Å². The van der Waals surface area contributed by atoms with Crippen molar-refractivity contribution in [1.82, 2.24) is 10.2 Å². The maximum absolute atomic E-state index is 12.4. The lowest BCUT2D eigenvalue weighted by atomic mass is 9.92. The van der Waals surface area contributed by atoms with Crippen LogP contribution in [0.5, 0.6) is 5.75 Å². The molecule has 1 fully saturated rings. The van der Waals surface area contributed by atoms with Crippen molar-refractivity contribution in [3.63, 3.8) is 0 Å². The van der Waals surface area contributed by atoms with Gasteiger partial charge in [-0.05, 0) is 29.7 Å². The Morgan fingerprint density at radius 2 is 2.00 bits per heavy atom. The van der Waals surface area contributed by atoms with E-state index in [9.17, 15) is 9.59 Å². The molecule has 27 heavy (non-hydrogen) atoms. The number of amides is 2. The Morgan fingerprint density at radius 3 is 2.63 bits per heavy atom. The fourth-order valence-electron chi connectivity index (χ4n) is 2.98. The monoisotopic (exact) mass is 388 g/mol. The molecule has 2 aromatic rings. The molecule has 1 saturated heterocycles. The van der Waals surface area contributed by atoms with E-state index in [0.717, 1.165) is 16.4 Å². The van der Waals surface area contributed by atoms with Crippen molar-refractivity contribution in [1.29, 1.82) is 0 Å². The lowest BCUT2D eigenvalue weighted by Crippen LogP contribution is -2.24. The number of aromatic nitrogens is 2. The quantitative estimate of drug-likeness (QED) is 0.848. The number of hydrogen-bond acceptors (Lipinski definition) is 6. The van der Waals surface area contributed by atoms with Gasteiger partial charge in [-0.2, -0.15) is 0 Å². The van der Waals surface area contributed by atoms with Gasteiger partial charge in [0.05, 0.1) is 7.11 Å². The van der Waals surface area contributed by atoms with Gasteiger partial charge in [-0.15, -0.1) is 10.2 Å². The molecule has 1 aliphatic rings. The van der Waals surface area contributed by atoms with Crippen molar-refractivity contribution in [3.8, 4) is 5.75 Å². The molecule has 0 spiro atoms. The molecule has 144 valence electrons. The van der Waals surface area contributed by atoms with Crippen LogP contribution in [0.2, 0.25) is 0 Å². The molecule has 0 unspecified atom stereocenters. The number of nitrogens with one attached hydrogen (secondary N) is 1. The third kappa shape index (κ3) is 4.82. The zero-order valence-electron chi connectivity index (χ0n) is 16.0. The Labute approximate surface area is 162 Å². The first-order valence-corrected chi connectivity index (χ1v) is 9.64. The molecule has 3 rings (SSSR count). The van der Waals surface area contributed by atoms with E-state index in [1.165, 1.54) is 11.3 Å². The highest BCUT2D eigenvalue weighted by Crippen LogP contribution is 2.34. The Bertz CT molecular complexity index is 826. The topological polar surface area (TPSA) is 84.4 Å². The van der Waals surface area contributed by atoms with Crippen molar-refractivity contribution in [3.05, 3.63) is 29.3 Å². The Hall–Kier alpha value is -2.48. The van der Waals surface area contributed by atoms with Gasteiger partial charge in [-0.1, -0.05) is 32.1 Å². The van der Waals surface area contributed by atoms with Crippen LogP contribution in [-0.2, 0) is 9.59 Å². The van der Waals surface area contributed by atoms with Crippen molar-refractivity contribution in [2.75, 3.05) is 23.9 Å². The maximum Gasteiger partial charge on any atom is 0.227 e. The Balaban J connectivity index is 1.65. The number of ether oxygens (including phenoxy) is 1. The van der Waals surface area contributed by atoms with E-state index in [1.807, 2.05) is 45.0 Å². The second-order valence-corrected chi connectivity index (χ2v) is 8.84. The standard InChI is InChI=1S/C19H24N4O3S/c1-19(2,3)10-15(24)20-18-22-21-17(27-18)12-9-16(25)23(11-12)13-5-7-14(26-4)8-6-13/h5-8,12H,9-11H2,1-4H3,(H,20,22,24)/t12-/m1/s1. The molecule has 1 aliphatic heterocycles. The molecule has 7 nitrogen and oxygen atoms in total. The number of hydrogen-bond donors (Lipinski definition) is 1. The molecule has 1 atom stereocenters. The van der Waals surface area contributed by atoms with E-state index in [4.69, 9.17) is 4.74 Å². The molecule has 0 bridgehead atoms. The highest BCUT2D eigenvalue weighted by molar-refractivity contribution is 7.15. The number of methoxy groups -OCH3 is 1. The van der Waals surface area contributed by atoms with Crippen LogP contribution in [0.1, 0.15) is 44.5 Å². The molecular formula is C19H24N4O3S. The van der Waals surface area contributed by atoms with E-state index >= 15 is 0 Å². The number of carbonyl (C=O) groups is 2. The second kappa shape index (κ2) is 7.64. The second-order valence-electron chi connectivity index (χ2n) is 7.83. The van der Waals surface area contributed by atoms with Crippen LogP contribution >= 0.6 is 11.3 Å². The van der Waals surface area contributed by atoms with Gasteiger partial charge in [-0.3, -0.25) is 9.59 Å². The highest BCUT2D eigenvalue weighted by atomic mass is 32.1.